The minimum atomic E-state index is 0.555. The van der Waals surface area contributed by atoms with E-state index in [1.54, 1.807) is 0 Å². The van der Waals surface area contributed by atoms with Gasteiger partial charge in [-0.05, 0) is 45.3 Å². The summed E-state index contributed by atoms with van der Waals surface area (Å²) < 4.78 is 0. The van der Waals surface area contributed by atoms with Crippen LogP contribution in [-0.2, 0) is 0 Å². The summed E-state index contributed by atoms with van der Waals surface area (Å²) in [7, 11) is 4.34. The van der Waals surface area contributed by atoms with E-state index in [1.165, 1.54) is 70.0 Å². The van der Waals surface area contributed by atoms with Crippen LogP contribution in [0.25, 0.3) is 0 Å². The molecule has 3 heteroatoms. The Balaban J connectivity index is 2.50. The van der Waals surface area contributed by atoms with E-state index >= 15 is 0 Å². The fraction of sp³-hybridized carbons (Fsp3) is 1.00. The third-order valence-corrected chi connectivity index (χ3v) is 5.35. The van der Waals surface area contributed by atoms with Gasteiger partial charge in [-0.25, -0.2) is 0 Å². The van der Waals surface area contributed by atoms with Gasteiger partial charge in [0.2, 0.25) is 0 Å². The van der Waals surface area contributed by atoms with Crippen molar-refractivity contribution in [1.82, 2.24) is 9.80 Å². The van der Waals surface area contributed by atoms with Crippen LogP contribution >= 0.6 is 15.9 Å². The van der Waals surface area contributed by atoms with Gasteiger partial charge in [-0.2, -0.15) is 0 Å². The van der Waals surface area contributed by atoms with Gasteiger partial charge in [0, 0.05) is 25.0 Å². The molecule has 0 heterocycles. The highest BCUT2D eigenvalue weighted by molar-refractivity contribution is 9.09. The van der Waals surface area contributed by atoms with E-state index in [2.05, 4.69) is 46.7 Å². The first-order chi connectivity index (χ1) is 8.62. The lowest BCUT2D eigenvalue weighted by molar-refractivity contribution is 0.120. The molecule has 0 atom stereocenters. The molecule has 2 nitrogen and oxygen atoms in total. The molecule has 1 aliphatic carbocycles. The average Bonchev–Trinajstić information content (AvgIpc) is 2.37. The number of rotatable bonds is 8. The van der Waals surface area contributed by atoms with E-state index in [0.29, 0.717) is 5.41 Å². The monoisotopic (exact) mass is 318 g/mol. The van der Waals surface area contributed by atoms with Crippen molar-refractivity contribution in [3.05, 3.63) is 0 Å². The zero-order valence-corrected chi connectivity index (χ0v) is 14.1. The molecule has 0 aromatic carbocycles. The Bertz CT molecular complexity index is 213. The lowest BCUT2D eigenvalue weighted by atomic mass is 9.75. The Labute approximate surface area is 122 Å². The molecular weight excluding hydrogens is 288 g/mol. The standard InChI is InChI=1S/C15H31BrN2/c1-4-10-18(12-11-17(2)3)14-15(13-16)8-6-5-7-9-15/h4-14H2,1-3H3. The van der Waals surface area contributed by atoms with Crippen LogP contribution in [0.4, 0.5) is 0 Å². The molecule has 1 rings (SSSR count). The second-order valence-electron chi connectivity index (χ2n) is 6.27. The highest BCUT2D eigenvalue weighted by Crippen LogP contribution is 2.38. The number of halogens is 1. The normalized spacial score (nSPS) is 19.7. The van der Waals surface area contributed by atoms with Crippen molar-refractivity contribution < 1.29 is 0 Å². The summed E-state index contributed by atoms with van der Waals surface area (Å²) in [6, 6.07) is 0. The van der Waals surface area contributed by atoms with Gasteiger partial charge in [0.25, 0.3) is 0 Å². The van der Waals surface area contributed by atoms with Crippen LogP contribution in [0.15, 0.2) is 0 Å². The van der Waals surface area contributed by atoms with Crippen molar-refractivity contribution in [2.45, 2.75) is 45.4 Å². The second kappa shape index (κ2) is 8.55. The quantitative estimate of drug-likeness (QED) is 0.631. The van der Waals surface area contributed by atoms with E-state index in [9.17, 15) is 0 Å². The summed E-state index contributed by atoms with van der Waals surface area (Å²) in [6.45, 7) is 7.24. The van der Waals surface area contributed by atoms with Crippen molar-refractivity contribution in [2.24, 2.45) is 5.41 Å². The molecule has 0 bridgehead atoms. The number of nitrogens with zero attached hydrogens (tertiary/aromatic N) is 2. The highest BCUT2D eigenvalue weighted by Gasteiger charge is 2.32. The van der Waals surface area contributed by atoms with Gasteiger partial charge in [0.05, 0.1) is 0 Å². The molecule has 0 amide bonds. The molecule has 0 aromatic heterocycles. The van der Waals surface area contributed by atoms with Gasteiger partial charge < -0.3 is 9.80 Å². The average molecular weight is 319 g/mol. The first kappa shape index (κ1) is 16.5. The van der Waals surface area contributed by atoms with Gasteiger partial charge in [0.1, 0.15) is 0 Å². The first-order valence-electron chi connectivity index (χ1n) is 7.55. The Hall–Kier alpha value is 0.400. The summed E-state index contributed by atoms with van der Waals surface area (Å²) in [4.78, 5) is 4.98. The van der Waals surface area contributed by atoms with Crippen molar-refractivity contribution in [2.75, 3.05) is 45.6 Å². The molecule has 0 radical (unpaired) electrons. The molecule has 0 N–H and O–H groups in total. The fourth-order valence-electron chi connectivity index (χ4n) is 3.04. The van der Waals surface area contributed by atoms with Crippen LogP contribution < -0.4 is 0 Å². The van der Waals surface area contributed by atoms with Crippen LogP contribution in [0.5, 0.6) is 0 Å². The smallest absolute Gasteiger partial charge is 0.0109 e. The lowest BCUT2D eigenvalue weighted by Gasteiger charge is -2.40. The fourth-order valence-corrected chi connectivity index (χ4v) is 3.78. The Morgan fingerprint density at radius 1 is 1.00 bits per heavy atom. The number of alkyl halides is 1. The van der Waals surface area contributed by atoms with E-state index in [-0.39, 0.29) is 0 Å². The van der Waals surface area contributed by atoms with Crippen LogP contribution in [0.3, 0.4) is 0 Å². The third kappa shape index (κ3) is 5.58. The molecule has 0 unspecified atom stereocenters. The Morgan fingerprint density at radius 2 is 1.67 bits per heavy atom. The topological polar surface area (TPSA) is 6.48 Å². The molecule has 108 valence electrons. The van der Waals surface area contributed by atoms with Crippen molar-refractivity contribution in [1.29, 1.82) is 0 Å². The van der Waals surface area contributed by atoms with Gasteiger partial charge in [0.15, 0.2) is 0 Å². The first-order valence-corrected chi connectivity index (χ1v) is 8.67. The van der Waals surface area contributed by atoms with Gasteiger partial charge >= 0.3 is 0 Å². The predicted molar refractivity (Wildman–Crippen MR) is 84.6 cm³/mol. The number of likely N-dealkylation sites (N-methyl/N-ethyl adjacent to an activating group) is 1. The molecule has 0 aromatic rings. The predicted octanol–water partition coefficient (Wildman–Crippen LogP) is 3.61. The van der Waals surface area contributed by atoms with Crippen molar-refractivity contribution in [3.8, 4) is 0 Å². The molecule has 18 heavy (non-hydrogen) atoms. The maximum atomic E-state index is 3.79. The van der Waals surface area contributed by atoms with Crippen molar-refractivity contribution >= 4 is 15.9 Å². The van der Waals surface area contributed by atoms with Gasteiger partial charge in [-0.3, -0.25) is 0 Å². The maximum absolute atomic E-state index is 3.79. The lowest BCUT2D eigenvalue weighted by Crippen LogP contribution is -2.43. The highest BCUT2D eigenvalue weighted by atomic mass is 79.9. The molecule has 1 fully saturated rings. The van der Waals surface area contributed by atoms with Crippen molar-refractivity contribution in [3.63, 3.8) is 0 Å². The zero-order valence-electron chi connectivity index (χ0n) is 12.6. The van der Waals surface area contributed by atoms with Crippen LogP contribution in [0.1, 0.15) is 45.4 Å². The van der Waals surface area contributed by atoms with Crippen LogP contribution in [0.2, 0.25) is 0 Å². The third-order valence-electron chi connectivity index (χ3n) is 4.16. The van der Waals surface area contributed by atoms with E-state index in [0.717, 1.165) is 0 Å². The second-order valence-corrected chi connectivity index (χ2v) is 6.83. The van der Waals surface area contributed by atoms with Crippen LogP contribution in [0, 0.1) is 5.41 Å². The summed E-state index contributed by atoms with van der Waals surface area (Å²) >= 11 is 3.79. The van der Waals surface area contributed by atoms with E-state index in [1.807, 2.05) is 0 Å². The van der Waals surface area contributed by atoms with E-state index < -0.39 is 0 Å². The largest absolute Gasteiger partial charge is 0.308 e. The minimum Gasteiger partial charge on any atom is -0.308 e. The molecule has 0 aliphatic heterocycles. The Kier molecular flexibility index (Phi) is 7.81. The maximum Gasteiger partial charge on any atom is 0.0109 e. The molecule has 0 saturated heterocycles. The summed E-state index contributed by atoms with van der Waals surface area (Å²) in [5.41, 5.74) is 0.555. The van der Waals surface area contributed by atoms with Gasteiger partial charge in [-0.15, -0.1) is 0 Å². The summed E-state index contributed by atoms with van der Waals surface area (Å²) in [6.07, 6.45) is 8.41. The van der Waals surface area contributed by atoms with E-state index in [4.69, 9.17) is 0 Å². The van der Waals surface area contributed by atoms with Gasteiger partial charge in [-0.1, -0.05) is 42.1 Å². The van der Waals surface area contributed by atoms with Crippen LogP contribution in [-0.4, -0.2) is 55.4 Å². The molecule has 1 aliphatic rings. The Morgan fingerprint density at radius 3 is 2.17 bits per heavy atom. The number of hydrogen-bond acceptors (Lipinski definition) is 2. The molecule has 1 saturated carbocycles. The summed E-state index contributed by atoms with van der Waals surface area (Å²) in [5, 5.41) is 1.18. The zero-order chi connectivity index (χ0) is 13.4. The SMILES string of the molecule is CCCN(CCN(C)C)CC1(CBr)CCCCC1. The minimum absolute atomic E-state index is 0.555. The molecular formula is C15H31BrN2. The molecule has 0 spiro atoms. The number of hydrogen-bond donors (Lipinski definition) is 0. The summed E-state index contributed by atoms with van der Waals surface area (Å²) in [5.74, 6) is 0.